The van der Waals surface area contributed by atoms with Crippen molar-refractivity contribution in [1.29, 1.82) is 0 Å². The minimum Gasteiger partial charge on any atom is -0.394 e. The molecule has 0 aliphatic rings. The third kappa shape index (κ3) is 5.13. The van der Waals surface area contributed by atoms with Gasteiger partial charge in [-0.2, -0.15) is 0 Å². The number of hydrogen-bond acceptors (Lipinski definition) is 4. The van der Waals surface area contributed by atoms with Crippen LogP contribution in [0, 0.1) is 0 Å². The lowest BCUT2D eigenvalue weighted by Gasteiger charge is -2.15. The standard InChI is InChI=1S/C16H24N2O4/c1-3-13(9-19)17-15(21)11-5-7-12(8-6-11)16(22)18-14(4-2)10-20/h5-8,13-14,19-20H,3-4,9-10H2,1-2H3,(H,17,21)(H,18,22)/t13-,14-/m1/s1. The summed E-state index contributed by atoms with van der Waals surface area (Å²) in [5, 5.41) is 23.6. The lowest BCUT2D eigenvalue weighted by atomic mass is 10.1. The smallest absolute Gasteiger partial charge is 0.251 e. The molecule has 0 bridgehead atoms. The van der Waals surface area contributed by atoms with Gasteiger partial charge in [0.1, 0.15) is 0 Å². The van der Waals surface area contributed by atoms with Gasteiger partial charge in [0.15, 0.2) is 0 Å². The van der Waals surface area contributed by atoms with Gasteiger partial charge in [-0.25, -0.2) is 0 Å². The first-order valence-corrected chi connectivity index (χ1v) is 7.49. The van der Waals surface area contributed by atoms with E-state index in [4.69, 9.17) is 10.2 Å². The van der Waals surface area contributed by atoms with Crippen LogP contribution in [0.2, 0.25) is 0 Å². The molecule has 6 nitrogen and oxygen atoms in total. The fourth-order valence-corrected chi connectivity index (χ4v) is 1.86. The molecule has 0 saturated heterocycles. The number of nitrogens with one attached hydrogen (secondary N) is 2. The van der Waals surface area contributed by atoms with Gasteiger partial charge in [0.05, 0.1) is 25.3 Å². The lowest BCUT2D eigenvalue weighted by molar-refractivity contribution is 0.0904. The minimum atomic E-state index is -0.283. The van der Waals surface area contributed by atoms with Crippen molar-refractivity contribution < 1.29 is 19.8 Å². The maximum absolute atomic E-state index is 12.0. The molecule has 0 radical (unpaired) electrons. The molecule has 4 N–H and O–H groups in total. The van der Waals surface area contributed by atoms with Crippen molar-refractivity contribution in [1.82, 2.24) is 10.6 Å². The molecule has 0 fully saturated rings. The van der Waals surface area contributed by atoms with Gasteiger partial charge in [-0.3, -0.25) is 9.59 Å². The summed E-state index contributed by atoms with van der Waals surface area (Å²) < 4.78 is 0. The largest absolute Gasteiger partial charge is 0.394 e. The van der Waals surface area contributed by atoms with E-state index in [-0.39, 0.29) is 37.1 Å². The van der Waals surface area contributed by atoms with Crippen LogP contribution in [0.15, 0.2) is 24.3 Å². The van der Waals surface area contributed by atoms with Crippen LogP contribution >= 0.6 is 0 Å². The second-order valence-corrected chi connectivity index (χ2v) is 5.10. The molecular weight excluding hydrogens is 284 g/mol. The van der Waals surface area contributed by atoms with Crippen LogP contribution in [0.5, 0.6) is 0 Å². The number of carbonyl (C=O) groups is 2. The molecule has 0 saturated carbocycles. The Morgan fingerprint density at radius 3 is 1.41 bits per heavy atom. The van der Waals surface area contributed by atoms with Gasteiger partial charge < -0.3 is 20.8 Å². The van der Waals surface area contributed by atoms with Gasteiger partial charge >= 0.3 is 0 Å². The number of hydrogen-bond donors (Lipinski definition) is 4. The van der Waals surface area contributed by atoms with E-state index in [0.29, 0.717) is 24.0 Å². The van der Waals surface area contributed by atoms with Gasteiger partial charge in [-0.15, -0.1) is 0 Å². The molecule has 0 aliphatic carbocycles. The monoisotopic (exact) mass is 308 g/mol. The second-order valence-electron chi connectivity index (χ2n) is 5.10. The molecule has 122 valence electrons. The Morgan fingerprint density at radius 1 is 0.864 bits per heavy atom. The first-order valence-electron chi connectivity index (χ1n) is 7.49. The number of rotatable bonds is 8. The molecule has 0 aliphatic heterocycles. The molecule has 0 aromatic heterocycles. The van der Waals surface area contributed by atoms with Crippen LogP contribution in [0.25, 0.3) is 0 Å². The molecule has 1 aromatic rings. The van der Waals surface area contributed by atoms with Gasteiger partial charge in [0, 0.05) is 11.1 Å². The Labute approximate surface area is 130 Å². The Kier molecular flexibility index (Phi) is 7.56. The summed E-state index contributed by atoms with van der Waals surface area (Å²) in [5.74, 6) is -0.565. The Hall–Kier alpha value is -1.92. The molecule has 0 heterocycles. The topological polar surface area (TPSA) is 98.7 Å². The van der Waals surface area contributed by atoms with Crippen LogP contribution < -0.4 is 10.6 Å². The van der Waals surface area contributed by atoms with Gasteiger partial charge in [0.2, 0.25) is 0 Å². The maximum Gasteiger partial charge on any atom is 0.251 e. The first-order chi connectivity index (χ1) is 10.5. The van der Waals surface area contributed by atoms with Crippen molar-refractivity contribution in [3.05, 3.63) is 35.4 Å². The van der Waals surface area contributed by atoms with Gasteiger partial charge in [-0.1, -0.05) is 13.8 Å². The molecule has 0 unspecified atom stereocenters. The van der Waals surface area contributed by atoms with Crippen LogP contribution in [0.1, 0.15) is 47.4 Å². The number of benzene rings is 1. The summed E-state index contributed by atoms with van der Waals surface area (Å²) >= 11 is 0. The molecule has 1 aromatic carbocycles. The molecule has 6 heteroatoms. The normalized spacial score (nSPS) is 13.3. The van der Waals surface area contributed by atoms with E-state index < -0.39 is 0 Å². The number of aliphatic hydroxyl groups excluding tert-OH is 2. The zero-order valence-corrected chi connectivity index (χ0v) is 13.0. The fourth-order valence-electron chi connectivity index (χ4n) is 1.86. The zero-order chi connectivity index (χ0) is 16.5. The molecule has 2 amide bonds. The predicted octanol–water partition coefficient (Wildman–Crippen LogP) is 0.688. The summed E-state index contributed by atoms with van der Waals surface area (Å²) in [5.41, 5.74) is 0.857. The van der Waals surface area contributed by atoms with Crippen molar-refractivity contribution in [3.63, 3.8) is 0 Å². The van der Waals surface area contributed by atoms with Crippen molar-refractivity contribution in [2.24, 2.45) is 0 Å². The number of carbonyl (C=O) groups excluding carboxylic acids is 2. The van der Waals surface area contributed by atoms with E-state index >= 15 is 0 Å². The van der Waals surface area contributed by atoms with E-state index in [1.807, 2.05) is 13.8 Å². The third-order valence-electron chi connectivity index (χ3n) is 3.51. The average Bonchev–Trinajstić information content (AvgIpc) is 2.57. The zero-order valence-electron chi connectivity index (χ0n) is 13.0. The molecule has 1 rings (SSSR count). The minimum absolute atomic E-state index is 0.109. The lowest BCUT2D eigenvalue weighted by Crippen LogP contribution is -2.37. The highest BCUT2D eigenvalue weighted by Gasteiger charge is 2.14. The summed E-state index contributed by atoms with van der Waals surface area (Å²) in [6, 6.07) is 5.71. The highest BCUT2D eigenvalue weighted by molar-refractivity contribution is 5.98. The van der Waals surface area contributed by atoms with E-state index in [0.717, 1.165) is 0 Å². The number of amides is 2. The van der Waals surface area contributed by atoms with E-state index in [1.165, 1.54) is 0 Å². The maximum atomic E-state index is 12.0. The summed E-state index contributed by atoms with van der Waals surface area (Å²) in [6.45, 7) is 3.53. The predicted molar refractivity (Wildman–Crippen MR) is 83.7 cm³/mol. The Morgan fingerprint density at radius 2 is 1.18 bits per heavy atom. The summed E-state index contributed by atoms with van der Waals surface area (Å²) in [4.78, 5) is 23.9. The van der Waals surface area contributed by atoms with Crippen molar-refractivity contribution in [2.45, 2.75) is 38.8 Å². The molecular formula is C16H24N2O4. The average molecular weight is 308 g/mol. The van der Waals surface area contributed by atoms with Crippen LogP contribution in [0.3, 0.4) is 0 Å². The van der Waals surface area contributed by atoms with Crippen LogP contribution in [-0.2, 0) is 0 Å². The van der Waals surface area contributed by atoms with Gasteiger partial charge in [0.25, 0.3) is 11.8 Å². The third-order valence-corrected chi connectivity index (χ3v) is 3.51. The van der Waals surface area contributed by atoms with Crippen molar-refractivity contribution in [3.8, 4) is 0 Å². The van der Waals surface area contributed by atoms with E-state index in [1.54, 1.807) is 24.3 Å². The van der Waals surface area contributed by atoms with E-state index in [2.05, 4.69) is 10.6 Å². The van der Waals surface area contributed by atoms with E-state index in [9.17, 15) is 9.59 Å². The summed E-state index contributed by atoms with van der Waals surface area (Å²) in [7, 11) is 0. The van der Waals surface area contributed by atoms with Crippen molar-refractivity contribution in [2.75, 3.05) is 13.2 Å². The fraction of sp³-hybridized carbons (Fsp3) is 0.500. The van der Waals surface area contributed by atoms with Crippen LogP contribution in [0.4, 0.5) is 0 Å². The quantitative estimate of drug-likeness (QED) is 0.568. The number of aliphatic hydroxyl groups is 2. The highest BCUT2D eigenvalue weighted by Crippen LogP contribution is 2.06. The Bertz CT molecular complexity index is 434. The summed E-state index contributed by atoms with van der Waals surface area (Å²) in [6.07, 6.45) is 1.28. The Balaban J connectivity index is 2.69. The highest BCUT2D eigenvalue weighted by atomic mass is 16.3. The van der Waals surface area contributed by atoms with Crippen LogP contribution in [-0.4, -0.2) is 47.3 Å². The molecule has 2 atom stereocenters. The second kappa shape index (κ2) is 9.17. The van der Waals surface area contributed by atoms with Crippen molar-refractivity contribution >= 4 is 11.8 Å². The van der Waals surface area contributed by atoms with Gasteiger partial charge in [-0.05, 0) is 37.1 Å². The molecule has 0 spiro atoms. The molecule has 22 heavy (non-hydrogen) atoms. The SMILES string of the molecule is CC[C@H](CO)NC(=O)c1ccc(C(=O)N[C@H](CC)CO)cc1. The first kappa shape index (κ1) is 18.1.